The quantitative estimate of drug-likeness (QED) is 0.903. The monoisotopic (exact) mass is 322 g/mol. The highest BCUT2D eigenvalue weighted by atomic mass is 35.5. The number of nitrogens with one attached hydrogen (secondary N) is 1. The Hall–Kier alpha value is -1.06. The third-order valence-corrected chi connectivity index (χ3v) is 5.03. The van der Waals surface area contributed by atoms with Crippen molar-refractivity contribution < 1.29 is 4.79 Å². The van der Waals surface area contributed by atoms with Gasteiger partial charge in [0, 0.05) is 18.7 Å². The predicted molar refractivity (Wildman–Crippen MR) is 93.0 cm³/mol. The van der Waals surface area contributed by atoms with Crippen molar-refractivity contribution in [2.45, 2.75) is 44.9 Å². The van der Waals surface area contributed by atoms with E-state index >= 15 is 0 Å². The van der Waals surface area contributed by atoms with Gasteiger partial charge in [-0.15, -0.1) is 12.4 Å². The topological polar surface area (TPSA) is 32.3 Å². The van der Waals surface area contributed by atoms with Gasteiger partial charge in [-0.05, 0) is 75.2 Å². The number of amides is 1. The predicted octanol–water partition coefficient (Wildman–Crippen LogP) is 3.51. The fourth-order valence-electron chi connectivity index (χ4n) is 3.73. The molecule has 0 atom stereocenters. The Labute approximate surface area is 139 Å². The second-order valence-corrected chi connectivity index (χ2v) is 6.40. The number of rotatable bonds is 2. The molecular weight excluding hydrogens is 296 g/mol. The molecule has 2 saturated heterocycles. The summed E-state index contributed by atoms with van der Waals surface area (Å²) in [5.41, 5.74) is 3.52. The Morgan fingerprint density at radius 1 is 1.14 bits per heavy atom. The highest BCUT2D eigenvalue weighted by Gasteiger charge is 2.23. The van der Waals surface area contributed by atoms with Crippen molar-refractivity contribution in [1.29, 1.82) is 0 Å². The van der Waals surface area contributed by atoms with Gasteiger partial charge in [0.25, 0.3) is 5.91 Å². The van der Waals surface area contributed by atoms with Gasteiger partial charge in [0.1, 0.15) is 0 Å². The van der Waals surface area contributed by atoms with Crippen molar-refractivity contribution in [2.75, 3.05) is 26.2 Å². The minimum atomic E-state index is 0. The molecule has 3 nitrogen and oxygen atoms in total. The fourth-order valence-corrected chi connectivity index (χ4v) is 3.73. The number of piperidine rings is 2. The van der Waals surface area contributed by atoms with E-state index in [4.69, 9.17) is 0 Å². The molecule has 1 N–H and O–H groups in total. The first kappa shape index (κ1) is 17.3. The molecule has 1 aromatic carbocycles. The second-order valence-electron chi connectivity index (χ2n) is 6.40. The second kappa shape index (κ2) is 7.98. The van der Waals surface area contributed by atoms with Crippen molar-refractivity contribution >= 4 is 18.3 Å². The number of nitrogens with zero attached hydrogens (tertiary/aromatic N) is 1. The molecule has 1 amide bonds. The lowest BCUT2D eigenvalue weighted by Gasteiger charge is -2.29. The molecule has 2 aliphatic rings. The fraction of sp³-hybridized carbons (Fsp3) is 0.611. The molecule has 2 heterocycles. The van der Waals surface area contributed by atoms with Crippen LogP contribution in [0.2, 0.25) is 0 Å². The standard InChI is InChI=1S/C18H26N2O.ClH/c1-14-16(15-8-10-19-11-9-15)6-5-7-17(14)18(21)20-12-3-2-4-13-20;/h5-7,15,19H,2-4,8-13H2,1H3;1H. The van der Waals surface area contributed by atoms with Gasteiger partial charge in [-0.1, -0.05) is 12.1 Å². The van der Waals surface area contributed by atoms with Crippen LogP contribution in [-0.4, -0.2) is 37.0 Å². The summed E-state index contributed by atoms with van der Waals surface area (Å²) in [7, 11) is 0. The third kappa shape index (κ3) is 3.64. The van der Waals surface area contributed by atoms with E-state index in [1.54, 1.807) is 0 Å². The smallest absolute Gasteiger partial charge is 0.254 e. The SMILES string of the molecule is Cc1c(C(=O)N2CCCCC2)cccc1C1CCNCC1.Cl. The van der Waals surface area contributed by atoms with Gasteiger partial charge in [-0.25, -0.2) is 0 Å². The normalized spacial score (nSPS) is 19.6. The number of likely N-dealkylation sites (tertiary alicyclic amines) is 1. The molecule has 4 heteroatoms. The van der Waals surface area contributed by atoms with E-state index in [0.717, 1.165) is 44.6 Å². The van der Waals surface area contributed by atoms with Crippen molar-refractivity contribution in [3.05, 3.63) is 34.9 Å². The molecule has 0 bridgehead atoms. The molecule has 0 radical (unpaired) electrons. The van der Waals surface area contributed by atoms with Crippen LogP contribution in [0.3, 0.4) is 0 Å². The lowest BCUT2D eigenvalue weighted by Crippen LogP contribution is -2.36. The molecule has 0 saturated carbocycles. The Morgan fingerprint density at radius 3 is 2.50 bits per heavy atom. The van der Waals surface area contributed by atoms with Crippen LogP contribution in [0.4, 0.5) is 0 Å². The first-order valence-electron chi connectivity index (χ1n) is 8.37. The van der Waals surface area contributed by atoms with E-state index in [1.807, 2.05) is 11.0 Å². The van der Waals surface area contributed by atoms with E-state index < -0.39 is 0 Å². The molecule has 0 aliphatic carbocycles. The van der Waals surface area contributed by atoms with Gasteiger partial charge in [0.05, 0.1) is 0 Å². The Bertz CT molecular complexity index is 506. The van der Waals surface area contributed by atoms with Crippen LogP contribution in [0.5, 0.6) is 0 Å². The van der Waals surface area contributed by atoms with Crippen LogP contribution < -0.4 is 5.32 Å². The average Bonchev–Trinajstić information content (AvgIpc) is 2.56. The number of hydrogen-bond acceptors (Lipinski definition) is 2. The van der Waals surface area contributed by atoms with Gasteiger partial charge >= 0.3 is 0 Å². The first-order valence-corrected chi connectivity index (χ1v) is 8.37. The molecule has 0 aromatic heterocycles. The molecule has 0 spiro atoms. The lowest BCUT2D eigenvalue weighted by molar-refractivity contribution is 0.0723. The van der Waals surface area contributed by atoms with E-state index in [-0.39, 0.29) is 18.3 Å². The zero-order valence-corrected chi connectivity index (χ0v) is 14.3. The zero-order chi connectivity index (χ0) is 14.7. The third-order valence-electron chi connectivity index (χ3n) is 5.03. The van der Waals surface area contributed by atoms with Gasteiger partial charge in [0.15, 0.2) is 0 Å². The van der Waals surface area contributed by atoms with Crippen molar-refractivity contribution in [1.82, 2.24) is 10.2 Å². The number of halogens is 1. The zero-order valence-electron chi connectivity index (χ0n) is 13.4. The van der Waals surface area contributed by atoms with Crippen LogP contribution in [-0.2, 0) is 0 Å². The first-order chi connectivity index (χ1) is 10.3. The molecule has 22 heavy (non-hydrogen) atoms. The number of benzene rings is 1. The molecule has 2 aliphatic heterocycles. The van der Waals surface area contributed by atoms with Crippen LogP contribution >= 0.6 is 12.4 Å². The largest absolute Gasteiger partial charge is 0.339 e. The number of carbonyl (C=O) groups is 1. The molecule has 122 valence electrons. The van der Waals surface area contributed by atoms with Crippen LogP contribution in [0.1, 0.15) is 59.5 Å². The van der Waals surface area contributed by atoms with Crippen LogP contribution in [0.15, 0.2) is 18.2 Å². The maximum absolute atomic E-state index is 12.8. The van der Waals surface area contributed by atoms with Crippen molar-refractivity contribution in [3.8, 4) is 0 Å². The summed E-state index contributed by atoms with van der Waals surface area (Å²) in [6, 6.07) is 6.30. The summed E-state index contributed by atoms with van der Waals surface area (Å²) in [6.07, 6.45) is 5.93. The average molecular weight is 323 g/mol. The number of hydrogen-bond donors (Lipinski definition) is 1. The van der Waals surface area contributed by atoms with Crippen molar-refractivity contribution in [3.63, 3.8) is 0 Å². The van der Waals surface area contributed by atoms with E-state index in [0.29, 0.717) is 5.92 Å². The highest BCUT2D eigenvalue weighted by Crippen LogP contribution is 2.30. The summed E-state index contributed by atoms with van der Waals surface area (Å²) < 4.78 is 0. The van der Waals surface area contributed by atoms with Crippen molar-refractivity contribution in [2.24, 2.45) is 0 Å². The minimum absolute atomic E-state index is 0. The lowest BCUT2D eigenvalue weighted by atomic mass is 9.85. The molecule has 2 fully saturated rings. The maximum atomic E-state index is 12.8. The minimum Gasteiger partial charge on any atom is -0.339 e. The van der Waals surface area contributed by atoms with E-state index in [1.165, 1.54) is 30.4 Å². The summed E-state index contributed by atoms with van der Waals surface area (Å²) in [6.45, 7) is 6.17. The molecule has 3 rings (SSSR count). The maximum Gasteiger partial charge on any atom is 0.254 e. The van der Waals surface area contributed by atoms with Crippen LogP contribution in [0.25, 0.3) is 0 Å². The van der Waals surface area contributed by atoms with Gasteiger partial charge < -0.3 is 10.2 Å². The summed E-state index contributed by atoms with van der Waals surface area (Å²) >= 11 is 0. The van der Waals surface area contributed by atoms with Crippen LogP contribution in [0, 0.1) is 6.92 Å². The van der Waals surface area contributed by atoms with Gasteiger partial charge in [0.2, 0.25) is 0 Å². The van der Waals surface area contributed by atoms with E-state index in [2.05, 4.69) is 24.4 Å². The molecular formula is C18H27ClN2O. The summed E-state index contributed by atoms with van der Waals surface area (Å²) in [5.74, 6) is 0.850. The highest BCUT2D eigenvalue weighted by molar-refractivity contribution is 5.96. The molecule has 1 aromatic rings. The summed E-state index contributed by atoms with van der Waals surface area (Å²) in [5, 5.41) is 3.42. The Kier molecular flexibility index (Phi) is 6.27. The van der Waals surface area contributed by atoms with Gasteiger partial charge in [-0.2, -0.15) is 0 Å². The number of carbonyl (C=O) groups excluding carboxylic acids is 1. The van der Waals surface area contributed by atoms with E-state index in [9.17, 15) is 4.79 Å². The Morgan fingerprint density at radius 2 is 1.82 bits per heavy atom. The summed E-state index contributed by atoms with van der Waals surface area (Å²) in [4.78, 5) is 14.8. The van der Waals surface area contributed by atoms with Gasteiger partial charge in [-0.3, -0.25) is 4.79 Å². The molecule has 0 unspecified atom stereocenters. The Balaban J connectivity index is 0.00000176.